The van der Waals surface area contributed by atoms with Crippen molar-refractivity contribution in [1.82, 2.24) is 10.3 Å². The number of amides is 2. The zero-order valence-corrected chi connectivity index (χ0v) is 20.0. The molecule has 2 aromatic rings. The van der Waals surface area contributed by atoms with E-state index in [2.05, 4.69) is 10.3 Å². The van der Waals surface area contributed by atoms with E-state index in [0.29, 0.717) is 18.2 Å². The van der Waals surface area contributed by atoms with E-state index in [-0.39, 0.29) is 11.5 Å². The van der Waals surface area contributed by atoms with Crippen LogP contribution in [0.4, 0.5) is 10.5 Å². The lowest BCUT2D eigenvalue weighted by molar-refractivity contribution is -0.142. The smallest absolute Gasteiger partial charge is 0.339 e. The maximum atomic E-state index is 13.3. The molecule has 12 heteroatoms. The van der Waals surface area contributed by atoms with Crippen LogP contribution in [0.25, 0.3) is 0 Å². The second kappa shape index (κ2) is 11.1. The molecule has 1 aromatic carbocycles. The van der Waals surface area contributed by atoms with E-state index in [1.807, 2.05) is 0 Å². The minimum absolute atomic E-state index is 0.0346. The van der Waals surface area contributed by atoms with Crippen molar-refractivity contribution in [3.8, 4) is 0 Å². The predicted molar refractivity (Wildman–Crippen MR) is 124 cm³/mol. The van der Waals surface area contributed by atoms with Gasteiger partial charge in [0.05, 0.1) is 27.4 Å². The number of carbonyl (C=O) groups is 2. The zero-order chi connectivity index (χ0) is 23.1. The Morgan fingerprint density at radius 1 is 1.31 bits per heavy atom. The number of hydrogen-bond donors (Lipinski definition) is 2. The summed E-state index contributed by atoms with van der Waals surface area (Å²) in [6.07, 6.45) is 5.86. The molecule has 1 heterocycles. The molecule has 1 aliphatic rings. The molecule has 1 atom stereocenters. The number of anilines is 1. The summed E-state index contributed by atoms with van der Waals surface area (Å²) in [6, 6.07) is 5.37. The van der Waals surface area contributed by atoms with Crippen molar-refractivity contribution in [2.24, 2.45) is 11.1 Å². The second-order valence-corrected chi connectivity index (χ2v) is 11.2. The highest BCUT2D eigenvalue weighted by molar-refractivity contribution is 8.02. The molecule has 2 amide bonds. The van der Waals surface area contributed by atoms with Crippen molar-refractivity contribution < 1.29 is 22.7 Å². The number of rotatable bonds is 9. The standard InChI is InChI=1S/C20H26N4O5S3/c1-2-29-19(25)18(31-17-11-22-13-30-17)23-20(26)24(12-14-5-3-4-6-14)15-7-9-16(10-8-15)32(21,27)28/h7-11,13-14,18H,2-6,12H2,1H3,(H,23,26)(H2,21,27,28). The molecule has 0 aliphatic heterocycles. The Morgan fingerprint density at radius 3 is 2.56 bits per heavy atom. The number of sulfonamides is 1. The first kappa shape index (κ1) is 24.5. The molecule has 32 heavy (non-hydrogen) atoms. The number of hydrogen-bond acceptors (Lipinski definition) is 8. The number of urea groups is 1. The van der Waals surface area contributed by atoms with Crippen molar-refractivity contribution in [3.05, 3.63) is 36.0 Å². The van der Waals surface area contributed by atoms with Crippen molar-refractivity contribution in [3.63, 3.8) is 0 Å². The van der Waals surface area contributed by atoms with E-state index in [1.165, 1.54) is 23.5 Å². The van der Waals surface area contributed by atoms with Crippen LogP contribution in [0.3, 0.4) is 0 Å². The number of aromatic nitrogens is 1. The zero-order valence-electron chi connectivity index (χ0n) is 17.6. The number of esters is 1. The summed E-state index contributed by atoms with van der Waals surface area (Å²) in [6.45, 7) is 2.35. The van der Waals surface area contributed by atoms with Crippen LogP contribution in [0.1, 0.15) is 32.6 Å². The number of ether oxygens (including phenoxy) is 1. The summed E-state index contributed by atoms with van der Waals surface area (Å²) in [4.78, 5) is 31.3. The molecule has 1 aliphatic carbocycles. The van der Waals surface area contributed by atoms with E-state index >= 15 is 0 Å². The van der Waals surface area contributed by atoms with Gasteiger partial charge in [-0.25, -0.2) is 23.1 Å². The first-order valence-corrected chi connectivity index (χ1v) is 13.5. The molecule has 1 fully saturated rings. The highest BCUT2D eigenvalue weighted by atomic mass is 32.2. The normalized spacial score (nSPS) is 15.3. The Labute approximate surface area is 195 Å². The van der Waals surface area contributed by atoms with Crippen LogP contribution in [-0.4, -0.2) is 43.9 Å². The number of primary sulfonamides is 1. The Balaban J connectivity index is 1.83. The van der Waals surface area contributed by atoms with E-state index in [4.69, 9.17) is 9.88 Å². The van der Waals surface area contributed by atoms with Gasteiger partial charge in [-0.15, -0.1) is 11.3 Å². The van der Waals surface area contributed by atoms with Crippen LogP contribution < -0.4 is 15.4 Å². The third-order valence-electron chi connectivity index (χ3n) is 5.04. The number of nitrogens with two attached hydrogens (primary N) is 1. The van der Waals surface area contributed by atoms with E-state index < -0.39 is 27.4 Å². The first-order chi connectivity index (χ1) is 15.3. The number of carbonyl (C=O) groups excluding carboxylic acids is 2. The van der Waals surface area contributed by atoms with Gasteiger partial charge in [0.25, 0.3) is 0 Å². The Hall–Kier alpha value is -2.15. The van der Waals surface area contributed by atoms with Gasteiger partial charge in [-0.3, -0.25) is 9.88 Å². The van der Waals surface area contributed by atoms with E-state index in [0.717, 1.165) is 41.7 Å². The molecule has 0 bridgehead atoms. The van der Waals surface area contributed by atoms with Crippen molar-refractivity contribution in [2.75, 3.05) is 18.1 Å². The molecule has 3 N–H and O–H groups in total. The predicted octanol–water partition coefficient (Wildman–Crippen LogP) is 3.18. The maximum absolute atomic E-state index is 13.3. The molecule has 174 valence electrons. The fraction of sp³-hybridized carbons (Fsp3) is 0.450. The molecule has 9 nitrogen and oxygen atoms in total. The topological polar surface area (TPSA) is 132 Å². The Kier molecular flexibility index (Phi) is 8.51. The summed E-state index contributed by atoms with van der Waals surface area (Å²) in [5.74, 6) is -0.224. The van der Waals surface area contributed by atoms with Crippen LogP contribution in [0, 0.1) is 5.92 Å². The monoisotopic (exact) mass is 498 g/mol. The lowest BCUT2D eigenvalue weighted by Gasteiger charge is -2.28. The third-order valence-corrected chi connectivity index (χ3v) is 7.99. The second-order valence-electron chi connectivity index (χ2n) is 7.32. The molecule has 1 aromatic heterocycles. The molecule has 1 unspecified atom stereocenters. The largest absolute Gasteiger partial charge is 0.464 e. The van der Waals surface area contributed by atoms with Crippen LogP contribution in [0.5, 0.6) is 0 Å². The van der Waals surface area contributed by atoms with E-state index in [1.54, 1.807) is 35.7 Å². The highest BCUT2D eigenvalue weighted by Gasteiger charge is 2.29. The van der Waals surface area contributed by atoms with Crippen molar-refractivity contribution in [2.45, 2.75) is 47.1 Å². The molecule has 0 radical (unpaired) electrons. The van der Waals surface area contributed by atoms with Gasteiger partial charge in [0.2, 0.25) is 10.0 Å². The third kappa shape index (κ3) is 6.67. The van der Waals surface area contributed by atoms with Gasteiger partial charge >= 0.3 is 12.0 Å². The van der Waals surface area contributed by atoms with Gasteiger partial charge in [0, 0.05) is 12.2 Å². The van der Waals surface area contributed by atoms with Gasteiger partial charge in [-0.1, -0.05) is 24.6 Å². The van der Waals surface area contributed by atoms with Gasteiger partial charge in [0.15, 0.2) is 5.37 Å². The van der Waals surface area contributed by atoms with Crippen molar-refractivity contribution >= 4 is 50.8 Å². The van der Waals surface area contributed by atoms with Gasteiger partial charge in [0.1, 0.15) is 0 Å². The number of thioether (sulfide) groups is 1. The number of thiazole rings is 1. The maximum Gasteiger partial charge on any atom is 0.339 e. The SMILES string of the molecule is CCOC(=O)C(NC(=O)N(CC1CCCC1)c1ccc(S(N)(=O)=O)cc1)Sc1cncs1. The highest BCUT2D eigenvalue weighted by Crippen LogP contribution is 2.29. The number of nitrogens with zero attached hydrogens (tertiary/aromatic N) is 2. The summed E-state index contributed by atoms with van der Waals surface area (Å²) < 4.78 is 29.1. The molecule has 0 saturated heterocycles. The summed E-state index contributed by atoms with van der Waals surface area (Å²) in [7, 11) is -3.84. The fourth-order valence-corrected chi connectivity index (χ4v) is 5.68. The van der Waals surface area contributed by atoms with Crippen molar-refractivity contribution in [1.29, 1.82) is 0 Å². The fourth-order valence-electron chi connectivity index (χ4n) is 3.50. The first-order valence-electron chi connectivity index (χ1n) is 10.2. The number of nitrogens with one attached hydrogen (secondary N) is 1. The van der Waals surface area contributed by atoms with Crippen LogP contribution in [0.15, 0.2) is 45.1 Å². The summed E-state index contributed by atoms with van der Waals surface area (Å²) in [5.41, 5.74) is 2.17. The molecule has 3 rings (SSSR count). The summed E-state index contributed by atoms with van der Waals surface area (Å²) >= 11 is 2.52. The van der Waals surface area contributed by atoms with Crippen LogP contribution in [0.2, 0.25) is 0 Å². The minimum Gasteiger partial charge on any atom is -0.464 e. The molecule has 0 spiro atoms. The summed E-state index contributed by atoms with van der Waals surface area (Å²) in [5, 5.41) is 7.01. The van der Waals surface area contributed by atoms with Gasteiger partial charge < -0.3 is 10.1 Å². The average Bonchev–Trinajstić information content (AvgIpc) is 3.45. The number of benzene rings is 1. The average molecular weight is 499 g/mol. The van der Waals surface area contributed by atoms with E-state index in [9.17, 15) is 18.0 Å². The Morgan fingerprint density at radius 2 is 2.00 bits per heavy atom. The molecular weight excluding hydrogens is 472 g/mol. The van der Waals surface area contributed by atoms with Gasteiger partial charge in [-0.05, 0) is 49.9 Å². The molecular formula is C20H26N4O5S3. The lowest BCUT2D eigenvalue weighted by Crippen LogP contribution is -2.48. The molecule has 1 saturated carbocycles. The lowest BCUT2D eigenvalue weighted by atomic mass is 10.1. The quantitative estimate of drug-likeness (QED) is 0.308. The van der Waals surface area contributed by atoms with Crippen LogP contribution in [-0.2, 0) is 19.6 Å². The minimum atomic E-state index is -3.84. The Bertz CT molecular complexity index is 1010. The van der Waals surface area contributed by atoms with Crippen LogP contribution >= 0.6 is 23.1 Å². The van der Waals surface area contributed by atoms with Gasteiger partial charge in [-0.2, -0.15) is 0 Å².